The van der Waals surface area contributed by atoms with Gasteiger partial charge in [-0.05, 0) is 38.1 Å². The Morgan fingerprint density at radius 2 is 1.95 bits per heavy atom. The average molecular weight is 268 g/mol. The minimum atomic E-state index is -0.768. The molecule has 0 bridgehead atoms. The molecule has 1 amide bonds. The predicted octanol–water partition coefficient (Wildman–Crippen LogP) is 1.18. The fraction of sp³-hybridized carbons (Fsp3) is 0.857. The molecule has 2 atom stereocenters. The Morgan fingerprint density at radius 3 is 2.63 bits per heavy atom. The second kappa shape index (κ2) is 6.37. The normalized spacial score (nSPS) is 28.6. The molecule has 5 heteroatoms. The topological polar surface area (TPSA) is 60.9 Å². The van der Waals surface area contributed by atoms with Crippen LogP contribution in [-0.2, 0) is 9.59 Å². The van der Waals surface area contributed by atoms with Crippen molar-refractivity contribution in [2.24, 2.45) is 5.92 Å². The monoisotopic (exact) mass is 268 g/mol. The van der Waals surface area contributed by atoms with Gasteiger partial charge < -0.3 is 10.0 Å². The molecule has 108 valence electrons. The first-order valence-corrected chi connectivity index (χ1v) is 7.30. The smallest absolute Gasteiger partial charge is 0.304 e. The molecule has 0 aromatic heterocycles. The number of hydrogen-bond donors (Lipinski definition) is 1. The zero-order valence-corrected chi connectivity index (χ0v) is 11.7. The van der Waals surface area contributed by atoms with Gasteiger partial charge in [-0.15, -0.1) is 0 Å². The number of carboxylic acid groups (broad SMARTS) is 1. The number of rotatable bonds is 4. The van der Waals surface area contributed by atoms with Gasteiger partial charge in [0.25, 0.3) is 0 Å². The largest absolute Gasteiger partial charge is 0.481 e. The molecule has 0 radical (unpaired) electrons. The molecule has 5 nitrogen and oxygen atoms in total. The lowest BCUT2D eigenvalue weighted by Gasteiger charge is -2.33. The third-order valence-corrected chi connectivity index (χ3v) is 4.26. The fourth-order valence-electron chi connectivity index (χ4n) is 3.23. The Hall–Kier alpha value is -1.10. The molecular weight excluding hydrogens is 244 g/mol. The minimum absolute atomic E-state index is 0.0451. The number of carbonyl (C=O) groups is 2. The van der Waals surface area contributed by atoms with E-state index in [1.165, 1.54) is 6.42 Å². The molecule has 0 aromatic rings. The van der Waals surface area contributed by atoms with Crippen LogP contribution in [0.15, 0.2) is 0 Å². The number of carbonyl (C=O) groups excluding carboxylic acids is 1. The first-order valence-electron chi connectivity index (χ1n) is 7.30. The molecule has 0 spiro atoms. The van der Waals surface area contributed by atoms with Crippen LogP contribution >= 0.6 is 0 Å². The summed E-state index contributed by atoms with van der Waals surface area (Å²) < 4.78 is 0. The van der Waals surface area contributed by atoms with E-state index < -0.39 is 5.97 Å². The number of hydrogen-bond acceptors (Lipinski definition) is 3. The summed E-state index contributed by atoms with van der Waals surface area (Å²) >= 11 is 0. The van der Waals surface area contributed by atoms with Crippen molar-refractivity contribution in [1.29, 1.82) is 0 Å². The maximum absolute atomic E-state index is 12.3. The van der Waals surface area contributed by atoms with Crippen molar-refractivity contribution in [2.45, 2.75) is 45.1 Å². The van der Waals surface area contributed by atoms with Gasteiger partial charge in [-0.1, -0.05) is 6.92 Å². The van der Waals surface area contributed by atoms with Crippen molar-refractivity contribution in [3.63, 3.8) is 0 Å². The van der Waals surface area contributed by atoms with Gasteiger partial charge in [-0.2, -0.15) is 0 Å². The van der Waals surface area contributed by atoms with Crippen molar-refractivity contribution in [3.8, 4) is 0 Å². The van der Waals surface area contributed by atoms with E-state index >= 15 is 0 Å². The van der Waals surface area contributed by atoms with Crippen LogP contribution in [0.25, 0.3) is 0 Å². The van der Waals surface area contributed by atoms with Gasteiger partial charge in [0, 0.05) is 19.1 Å². The van der Waals surface area contributed by atoms with E-state index in [0.29, 0.717) is 12.5 Å². The van der Waals surface area contributed by atoms with E-state index in [4.69, 9.17) is 5.11 Å². The van der Waals surface area contributed by atoms with Crippen molar-refractivity contribution in [1.82, 2.24) is 9.80 Å². The summed E-state index contributed by atoms with van der Waals surface area (Å²) in [6.07, 6.45) is 4.35. The predicted molar refractivity (Wildman–Crippen MR) is 71.8 cm³/mol. The van der Waals surface area contributed by atoms with Crippen molar-refractivity contribution >= 4 is 11.9 Å². The molecular formula is C14H24N2O3. The van der Waals surface area contributed by atoms with E-state index in [1.807, 2.05) is 4.90 Å². The Balaban J connectivity index is 1.85. The van der Waals surface area contributed by atoms with Crippen molar-refractivity contribution in [3.05, 3.63) is 0 Å². The van der Waals surface area contributed by atoms with Gasteiger partial charge in [0.2, 0.25) is 5.91 Å². The Bertz CT molecular complexity index is 346. The second-order valence-corrected chi connectivity index (χ2v) is 5.95. The number of carboxylic acids is 1. The molecule has 2 unspecified atom stereocenters. The molecule has 2 aliphatic rings. The molecule has 2 fully saturated rings. The van der Waals surface area contributed by atoms with Gasteiger partial charge in [0.1, 0.15) is 0 Å². The first kappa shape index (κ1) is 14.3. The SMILES string of the molecule is CC1CCCN(C(=O)CN2CCCC2CC(=O)O)C1. The fourth-order valence-corrected chi connectivity index (χ4v) is 3.23. The number of likely N-dealkylation sites (tertiary alicyclic amines) is 2. The van der Waals surface area contributed by atoms with Crippen LogP contribution in [0.3, 0.4) is 0 Å². The van der Waals surface area contributed by atoms with Gasteiger partial charge in [0.15, 0.2) is 0 Å². The van der Waals surface area contributed by atoms with Gasteiger partial charge >= 0.3 is 5.97 Å². The Morgan fingerprint density at radius 1 is 1.21 bits per heavy atom. The molecule has 0 aliphatic carbocycles. The molecule has 0 saturated carbocycles. The van der Waals surface area contributed by atoms with Gasteiger partial charge in [0.05, 0.1) is 13.0 Å². The van der Waals surface area contributed by atoms with E-state index in [-0.39, 0.29) is 18.4 Å². The molecule has 2 saturated heterocycles. The first-order chi connectivity index (χ1) is 9.06. The number of piperidine rings is 1. The lowest BCUT2D eigenvalue weighted by atomic mass is 10.0. The van der Waals surface area contributed by atoms with Crippen LogP contribution in [0.1, 0.15) is 39.0 Å². The van der Waals surface area contributed by atoms with E-state index in [0.717, 1.165) is 38.9 Å². The molecule has 2 aliphatic heterocycles. The summed E-state index contributed by atoms with van der Waals surface area (Å²) in [5.41, 5.74) is 0. The molecule has 0 aromatic carbocycles. The third-order valence-electron chi connectivity index (χ3n) is 4.26. The third kappa shape index (κ3) is 3.93. The highest BCUT2D eigenvalue weighted by Gasteiger charge is 2.30. The maximum Gasteiger partial charge on any atom is 0.304 e. The van der Waals surface area contributed by atoms with E-state index in [9.17, 15) is 9.59 Å². The average Bonchev–Trinajstić information content (AvgIpc) is 2.75. The zero-order chi connectivity index (χ0) is 13.8. The van der Waals surface area contributed by atoms with Crippen LogP contribution in [-0.4, -0.2) is 59.0 Å². The Kier molecular flexibility index (Phi) is 4.80. The summed E-state index contributed by atoms with van der Waals surface area (Å²) in [7, 11) is 0. The quantitative estimate of drug-likeness (QED) is 0.832. The van der Waals surface area contributed by atoms with E-state index in [1.54, 1.807) is 0 Å². The number of aliphatic carboxylic acids is 1. The molecule has 19 heavy (non-hydrogen) atoms. The van der Waals surface area contributed by atoms with Crippen LogP contribution in [0.2, 0.25) is 0 Å². The molecule has 2 heterocycles. The van der Waals surface area contributed by atoms with Gasteiger partial charge in [-0.25, -0.2) is 0 Å². The maximum atomic E-state index is 12.3. The highest BCUT2D eigenvalue weighted by atomic mass is 16.4. The van der Waals surface area contributed by atoms with Crippen molar-refractivity contribution < 1.29 is 14.7 Å². The highest BCUT2D eigenvalue weighted by molar-refractivity contribution is 5.78. The van der Waals surface area contributed by atoms with E-state index in [2.05, 4.69) is 11.8 Å². The molecule has 2 rings (SSSR count). The van der Waals surface area contributed by atoms with Crippen LogP contribution < -0.4 is 0 Å². The highest BCUT2D eigenvalue weighted by Crippen LogP contribution is 2.21. The summed E-state index contributed by atoms with van der Waals surface area (Å²) in [5.74, 6) is -0.00845. The minimum Gasteiger partial charge on any atom is -0.481 e. The van der Waals surface area contributed by atoms with Crippen LogP contribution in [0, 0.1) is 5.92 Å². The number of amides is 1. The summed E-state index contributed by atoms with van der Waals surface area (Å²) in [6, 6.07) is 0.0451. The van der Waals surface area contributed by atoms with Crippen LogP contribution in [0.4, 0.5) is 0 Å². The Labute approximate surface area is 114 Å². The number of nitrogens with zero attached hydrogens (tertiary/aromatic N) is 2. The lowest BCUT2D eigenvalue weighted by molar-refractivity contribution is -0.140. The van der Waals surface area contributed by atoms with Crippen LogP contribution in [0.5, 0.6) is 0 Å². The zero-order valence-electron chi connectivity index (χ0n) is 11.7. The van der Waals surface area contributed by atoms with Crippen molar-refractivity contribution in [2.75, 3.05) is 26.2 Å². The summed E-state index contributed by atoms with van der Waals surface area (Å²) in [5, 5.41) is 8.89. The lowest BCUT2D eigenvalue weighted by Crippen LogP contribution is -2.46. The summed E-state index contributed by atoms with van der Waals surface area (Å²) in [6.45, 7) is 5.15. The summed E-state index contributed by atoms with van der Waals surface area (Å²) in [4.78, 5) is 27.1. The second-order valence-electron chi connectivity index (χ2n) is 5.95. The standard InChI is InChI=1S/C14H24N2O3/c1-11-4-2-7-16(9-11)13(17)10-15-6-3-5-12(15)8-14(18)19/h11-12H,2-10H2,1H3,(H,18,19). The molecule has 1 N–H and O–H groups in total. The van der Waals surface area contributed by atoms with Gasteiger partial charge in [-0.3, -0.25) is 14.5 Å².